The topological polar surface area (TPSA) is 115 Å². The van der Waals surface area contributed by atoms with Gasteiger partial charge in [0.2, 0.25) is 11.8 Å². The van der Waals surface area contributed by atoms with E-state index in [2.05, 4.69) is 20.6 Å². The number of ether oxygens (including phenoxy) is 3. The molecule has 2 amide bonds. The van der Waals surface area contributed by atoms with E-state index in [9.17, 15) is 14.0 Å². The first-order chi connectivity index (χ1) is 19.8. The van der Waals surface area contributed by atoms with Crippen molar-refractivity contribution in [3.63, 3.8) is 0 Å². The molecule has 0 atom stereocenters. The van der Waals surface area contributed by atoms with Crippen LogP contribution in [-0.4, -0.2) is 36.0 Å². The number of anilines is 2. The Bertz CT molecular complexity index is 1820. The number of pyridine rings is 1. The molecule has 1 saturated carbocycles. The number of methoxy groups -OCH3 is 2. The van der Waals surface area contributed by atoms with Gasteiger partial charge in [-0.2, -0.15) is 0 Å². The van der Waals surface area contributed by atoms with Crippen molar-refractivity contribution in [2.45, 2.75) is 12.8 Å². The summed E-state index contributed by atoms with van der Waals surface area (Å²) in [5.41, 5.74) is 1.17. The number of nitrogens with one attached hydrogen (secondary N) is 3. The maximum absolute atomic E-state index is 15.1. The number of halogens is 2. The second-order valence-corrected chi connectivity index (χ2v) is 9.65. The molecule has 2 aromatic heterocycles. The van der Waals surface area contributed by atoms with Crippen LogP contribution in [0.5, 0.6) is 23.0 Å². The quantitative estimate of drug-likeness (QED) is 0.197. The van der Waals surface area contributed by atoms with Gasteiger partial charge in [0.1, 0.15) is 16.7 Å². The SMILES string of the molecule is COc1cc2[nH]c3c(Oc4ccc(NC(=O)C5(C(=O)Nc6ccc(F)cc6)CC5)cc4F)ccnc3c2cc1OC. The van der Waals surface area contributed by atoms with Gasteiger partial charge in [-0.25, -0.2) is 8.78 Å². The molecule has 0 radical (unpaired) electrons. The zero-order valence-electron chi connectivity index (χ0n) is 22.0. The molecule has 0 bridgehead atoms. The van der Waals surface area contributed by atoms with Gasteiger partial charge in [-0.15, -0.1) is 0 Å². The molecule has 41 heavy (non-hydrogen) atoms. The maximum Gasteiger partial charge on any atom is 0.240 e. The Kier molecular flexibility index (Phi) is 6.41. The highest BCUT2D eigenvalue weighted by atomic mass is 19.1. The zero-order valence-corrected chi connectivity index (χ0v) is 22.0. The first-order valence-electron chi connectivity index (χ1n) is 12.7. The van der Waals surface area contributed by atoms with E-state index in [1.807, 2.05) is 0 Å². The molecule has 1 aliphatic rings. The fourth-order valence-corrected chi connectivity index (χ4v) is 4.66. The monoisotopic (exact) mass is 558 g/mol. The molecule has 2 heterocycles. The molecule has 0 unspecified atom stereocenters. The Morgan fingerprint density at radius 1 is 0.829 bits per heavy atom. The lowest BCUT2D eigenvalue weighted by Crippen LogP contribution is -2.35. The largest absolute Gasteiger partial charge is 0.493 e. The van der Waals surface area contributed by atoms with Crippen molar-refractivity contribution in [3.8, 4) is 23.0 Å². The summed E-state index contributed by atoms with van der Waals surface area (Å²) in [5, 5.41) is 6.04. The molecule has 9 nitrogen and oxygen atoms in total. The number of hydrogen-bond acceptors (Lipinski definition) is 6. The van der Waals surface area contributed by atoms with E-state index in [0.717, 1.165) is 17.0 Å². The molecule has 1 aliphatic carbocycles. The van der Waals surface area contributed by atoms with Gasteiger partial charge in [0.15, 0.2) is 28.8 Å². The molecule has 3 aromatic carbocycles. The van der Waals surface area contributed by atoms with Crippen molar-refractivity contribution in [2.75, 3.05) is 24.9 Å². The highest BCUT2D eigenvalue weighted by Gasteiger charge is 2.56. The fourth-order valence-electron chi connectivity index (χ4n) is 4.66. The predicted octanol–water partition coefficient (Wildman–Crippen LogP) is 6.16. The number of amides is 2. The van der Waals surface area contributed by atoms with Gasteiger partial charge in [-0.05, 0) is 55.3 Å². The number of carbonyl (C=O) groups excluding carboxylic acids is 2. The van der Waals surface area contributed by atoms with E-state index in [1.165, 1.54) is 36.4 Å². The zero-order chi connectivity index (χ0) is 28.7. The van der Waals surface area contributed by atoms with Crippen LogP contribution < -0.4 is 24.8 Å². The number of aromatic amines is 1. The number of aromatic nitrogens is 2. The van der Waals surface area contributed by atoms with Crippen LogP contribution in [0.25, 0.3) is 21.9 Å². The summed E-state index contributed by atoms with van der Waals surface area (Å²) in [5.74, 6) is -0.853. The standard InChI is InChI=1S/C30H24F2N4O5/c1-39-24-14-19-21(15-25(24)40-2)36-27-23(9-12-33-26(19)27)41-22-8-7-18(13-20(22)32)35-29(38)30(10-11-30)28(37)34-17-5-3-16(31)4-6-17/h3-9,12-15,36H,10-11H2,1-2H3,(H,34,37)(H,35,38). The highest BCUT2D eigenvalue weighted by molar-refractivity contribution is 6.17. The third-order valence-electron chi connectivity index (χ3n) is 7.08. The molecule has 11 heteroatoms. The minimum Gasteiger partial charge on any atom is -0.493 e. The van der Waals surface area contributed by atoms with Crippen LogP contribution in [0.2, 0.25) is 0 Å². The van der Waals surface area contributed by atoms with Crippen LogP contribution in [0.15, 0.2) is 66.9 Å². The van der Waals surface area contributed by atoms with Gasteiger partial charge < -0.3 is 29.8 Å². The summed E-state index contributed by atoms with van der Waals surface area (Å²) in [4.78, 5) is 33.5. The summed E-state index contributed by atoms with van der Waals surface area (Å²) < 4.78 is 45.0. The van der Waals surface area contributed by atoms with Gasteiger partial charge in [-0.1, -0.05) is 0 Å². The number of H-pyrrole nitrogens is 1. The average Bonchev–Trinajstić information content (AvgIpc) is 3.71. The molecule has 3 N–H and O–H groups in total. The van der Waals surface area contributed by atoms with Crippen molar-refractivity contribution in [3.05, 3.63) is 78.5 Å². The molecule has 5 aromatic rings. The number of benzene rings is 3. The van der Waals surface area contributed by atoms with Crippen molar-refractivity contribution >= 4 is 45.1 Å². The van der Waals surface area contributed by atoms with Crippen LogP contribution in [0.3, 0.4) is 0 Å². The number of hydrogen-bond donors (Lipinski definition) is 3. The van der Waals surface area contributed by atoms with E-state index in [0.29, 0.717) is 46.8 Å². The first-order valence-corrected chi connectivity index (χ1v) is 12.7. The number of fused-ring (bicyclic) bond motifs is 3. The van der Waals surface area contributed by atoms with Crippen LogP contribution >= 0.6 is 0 Å². The summed E-state index contributed by atoms with van der Waals surface area (Å²) in [7, 11) is 3.09. The Hall–Kier alpha value is -5.19. The molecule has 1 fully saturated rings. The van der Waals surface area contributed by atoms with E-state index in [-0.39, 0.29) is 11.4 Å². The Labute approximate surface area is 232 Å². The summed E-state index contributed by atoms with van der Waals surface area (Å²) >= 11 is 0. The fraction of sp³-hybridized carbons (Fsp3) is 0.167. The Morgan fingerprint density at radius 3 is 2.15 bits per heavy atom. The highest BCUT2D eigenvalue weighted by Crippen LogP contribution is 2.47. The van der Waals surface area contributed by atoms with E-state index in [4.69, 9.17) is 14.2 Å². The van der Waals surface area contributed by atoms with E-state index >= 15 is 4.39 Å². The predicted molar refractivity (Wildman–Crippen MR) is 149 cm³/mol. The Morgan fingerprint density at radius 2 is 1.49 bits per heavy atom. The third kappa shape index (κ3) is 4.75. The molecule has 0 saturated heterocycles. The summed E-state index contributed by atoms with van der Waals surface area (Å²) in [6, 6.07) is 14.5. The lowest BCUT2D eigenvalue weighted by Gasteiger charge is -2.16. The Balaban J connectivity index is 1.20. The van der Waals surface area contributed by atoms with Gasteiger partial charge in [-0.3, -0.25) is 14.6 Å². The minimum atomic E-state index is -1.27. The summed E-state index contributed by atoms with van der Waals surface area (Å²) in [6.45, 7) is 0. The average molecular weight is 559 g/mol. The first kappa shape index (κ1) is 26.1. The van der Waals surface area contributed by atoms with Gasteiger partial charge >= 0.3 is 0 Å². The van der Waals surface area contributed by atoms with E-state index in [1.54, 1.807) is 38.6 Å². The normalized spacial score (nSPS) is 13.6. The number of nitrogens with zero attached hydrogens (tertiary/aromatic N) is 1. The lowest BCUT2D eigenvalue weighted by molar-refractivity contribution is -0.131. The van der Waals surface area contributed by atoms with Crippen LogP contribution in [-0.2, 0) is 9.59 Å². The van der Waals surface area contributed by atoms with Crippen molar-refractivity contribution in [2.24, 2.45) is 5.41 Å². The second-order valence-electron chi connectivity index (χ2n) is 9.65. The van der Waals surface area contributed by atoms with Crippen molar-refractivity contribution in [1.29, 1.82) is 0 Å². The minimum absolute atomic E-state index is 0.0699. The van der Waals surface area contributed by atoms with Crippen LogP contribution in [0.1, 0.15) is 12.8 Å². The van der Waals surface area contributed by atoms with Crippen LogP contribution in [0.4, 0.5) is 20.2 Å². The molecule has 208 valence electrons. The van der Waals surface area contributed by atoms with Gasteiger partial charge in [0.05, 0.1) is 25.3 Å². The van der Waals surface area contributed by atoms with Crippen molar-refractivity contribution in [1.82, 2.24) is 9.97 Å². The smallest absolute Gasteiger partial charge is 0.240 e. The van der Waals surface area contributed by atoms with Gasteiger partial charge in [0.25, 0.3) is 0 Å². The van der Waals surface area contributed by atoms with Gasteiger partial charge in [0, 0.05) is 41.2 Å². The molecule has 0 aliphatic heterocycles. The lowest BCUT2D eigenvalue weighted by atomic mass is 10.0. The third-order valence-corrected chi connectivity index (χ3v) is 7.08. The molecular weight excluding hydrogens is 534 g/mol. The number of carbonyl (C=O) groups is 2. The maximum atomic E-state index is 15.1. The molecular formula is C30H24F2N4O5. The molecule has 6 rings (SSSR count). The van der Waals surface area contributed by atoms with Crippen LogP contribution in [0, 0.1) is 17.0 Å². The molecule has 0 spiro atoms. The van der Waals surface area contributed by atoms with Crippen molar-refractivity contribution < 1.29 is 32.6 Å². The summed E-state index contributed by atoms with van der Waals surface area (Å²) in [6.07, 6.45) is 2.24. The van der Waals surface area contributed by atoms with E-state index < -0.39 is 28.9 Å². The number of rotatable bonds is 8. The second kappa shape index (κ2) is 10.1.